The summed E-state index contributed by atoms with van der Waals surface area (Å²) in [5.41, 5.74) is -0.689. The Hall–Kier alpha value is -3.64. The van der Waals surface area contributed by atoms with Crippen molar-refractivity contribution in [2.75, 3.05) is 26.4 Å². The Kier molecular flexibility index (Phi) is 89.5. The van der Waals surface area contributed by atoms with Crippen molar-refractivity contribution in [1.82, 2.24) is 0 Å². The second kappa shape index (κ2) is 92.2. The first-order chi connectivity index (χ1) is 60.6. The summed E-state index contributed by atoms with van der Waals surface area (Å²) in [6.45, 7) is 9.80. The van der Waals surface area contributed by atoms with Crippen molar-refractivity contribution in [2.24, 2.45) is 0 Å². The zero-order valence-electron chi connectivity index (χ0n) is 80.9. The molecule has 0 fully saturated rings. The molecule has 0 amide bonds. The molecule has 716 valence electrons. The van der Waals surface area contributed by atoms with Crippen LogP contribution in [0.2, 0.25) is 0 Å². The normalized spacial score (nSPS) is 11.8. The molecule has 0 aliphatic rings. The van der Waals surface area contributed by atoms with Crippen LogP contribution >= 0.6 is 0 Å². The molecular weight excluding hydrogens is 1630 g/mol. The van der Waals surface area contributed by atoms with Gasteiger partial charge in [-0.05, 0) is 165 Å². The predicted molar refractivity (Wildman–Crippen MR) is 526 cm³/mol. The molecule has 2 aromatic carbocycles. The standard InChI is InChI=1S/2C54H94O7S.Ca/c2*1-3-5-7-9-11-13-15-17-19-21-23-25-27-29-31-33-35-37-39-41-43-47-60-53(55)51-46-45-50(62(57,58)59)49-52(51)54(56)61-48-44-42-40-38-36-34-32-30-28-26-24-22-20-18-16-14-12-10-8-6-4-2;/h2*27-30,45-46,49H,3-26,31-44,47-48H2,1-2H3,(H,57,58,59);/q;;+2/p-2/b2*29-27+,30-28+;. The van der Waals surface area contributed by atoms with Gasteiger partial charge in [0.1, 0.15) is 20.2 Å². The molecular formula is C108H186CaO14S2. The number of carbonyl (C=O) groups excluding carboxylic acids is 4. The minimum absolute atomic E-state index is 0. The van der Waals surface area contributed by atoms with Gasteiger partial charge in [0.15, 0.2) is 0 Å². The summed E-state index contributed by atoms with van der Waals surface area (Å²) in [4.78, 5) is 50.7. The first-order valence-electron chi connectivity index (χ1n) is 52.1. The Morgan fingerprint density at radius 3 is 0.504 bits per heavy atom. The number of hydrogen-bond acceptors (Lipinski definition) is 14. The molecule has 125 heavy (non-hydrogen) atoms. The molecule has 0 heterocycles. The van der Waals surface area contributed by atoms with Crippen molar-refractivity contribution in [3.63, 3.8) is 0 Å². The van der Waals surface area contributed by atoms with Gasteiger partial charge in [-0.25, -0.2) is 36.0 Å². The second-order valence-corrected chi connectivity index (χ2v) is 38.4. The number of esters is 4. The van der Waals surface area contributed by atoms with E-state index in [0.29, 0.717) is 25.7 Å². The van der Waals surface area contributed by atoms with Gasteiger partial charge in [0.2, 0.25) is 0 Å². The fourth-order valence-corrected chi connectivity index (χ4v) is 16.9. The van der Waals surface area contributed by atoms with E-state index in [1.165, 1.54) is 372 Å². The summed E-state index contributed by atoms with van der Waals surface area (Å²) in [5.74, 6) is -3.11. The quantitative estimate of drug-likeness (QED) is 0.0150. The van der Waals surface area contributed by atoms with Crippen LogP contribution in [0.25, 0.3) is 0 Å². The van der Waals surface area contributed by atoms with Crippen molar-refractivity contribution in [3.8, 4) is 0 Å². The molecule has 0 N–H and O–H groups in total. The van der Waals surface area contributed by atoms with Gasteiger partial charge >= 0.3 is 61.6 Å². The maximum Gasteiger partial charge on any atom is 2.00 e. The van der Waals surface area contributed by atoms with Crippen LogP contribution in [-0.2, 0) is 39.2 Å². The van der Waals surface area contributed by atoms with Crippen molar-refractivity contribution in [2.45, 2.75) is 525 Å². The van der Waals surface area contributed by atoms with Crippen molar-refractivity contribution in [1.29, 1.82) is 0 Å². The Bertz CT molecular complexity index is 2950. The molecule has 0 saturated carbocycles. The monoisotopic (exact) mass is 1810 g/mol. The number of hydrogen-bond donors (Lipinski definition) is 0. The van der Waals surface area contributed by atoms with E-state index in [1.54, 1.807) is 0 Å². The Labute approximate surface area is 798 Å². The van der Waals surface area contributed by atoms with Crippen LogP contribution < -0.4 is 0 Å². The molecule has 0 atom stereocenters. The van der Waals surface area contributed by atoms with E-state index in [1.807, 2.05) is 0 Å². The van der Waals surface area contributed by atoms with Crippen LogP contribution in [0.3, 0.4) is 0 Å². The molecule has 0 unspecified atom stereocenters. The summed E-state index contributed by atoms with van der Waals surface area (Å²) in [7, 11) is -9.65. The summed E-state index contributed by atoms with van der Waals surface area (Å²) in [6.07, 6.45) is 113. The smallest absolute Gasteiger partial charge is 0.744 e. The van der Waals surface area contributed by atoms with Crippen molar-refractivity contribution >= 4 is 81.9 Å². The number of carbonyl (C=O) groups is 4. The van der Waals surface area contributed by atoms with Crippen molar-refractivity contribution < 1.29 is 64.1 Å². The molecule has 2 rings (SSSR count). The largest absolute Gasteiger partial charge is 2.00 e. The minimum atomic E-state index is -4.82. The van der Waals surface area contributed by atoms with E-state index in [2.05, 4.69) is 76.3 Å². The predicted octanol–water partition coefficient (Wildman–Crippen LogP) is 33.4. The third kappa shape index (κ3) is 78.7. The second-order valence-electron chi connectivity index (χ2n) is 35.7. The Balaban J connectivity index is 0.00000244. The Morgan fingerprint density at radius 1 is 0.216 bits per heavy atom. The minimum Gasteiger partial charge on any atom is -0.744 e. The van der Waals surface area contributed by atoms with E-state index in [4.69, 9.17) is 18.9 Å². The van der Waals surface area contributed by atoms with Crippen LogP contribution in [-0.4, -0.2) is 114 Å². The maximum absolute atomic E-state index is 13.0. The number of allylic oxidation sites excluding steroid dienone is 8. The summed E-state index contributed by atoms with van der Waals surface area (Å²) < 4.78 is 91.9. The molecule has 0 saturated heterocycles. The number of unbranched alkanes of at least 4 members (excludes halogenated alkanes) is 68. The number of ether oxygens (including phenoxy) is 4. The SMILES string of the molecule is CCCCCCCCCCCCC/C=C/CCCCCCCCOC(=O)c1ccc(S(=O)(=O)[O-])cc1C(=O)OCCCCCCCC/C=C/CCCCCCCCCCCCC.CCCCCCCCCCCCC/C=C/CCCCCCCCOC(=O)c1ccc(S(=O)(=O)[O-])cc1C(=O)OCCCCCCCC/C=C/CCCCCCCCCCCCC.[Ca+2]. The molecule has 0 bridgehead atoms. The molecule has 2 aromatic rings. The molecule has 0 aliphatic heterocycles. The first-order valence-corrected chi connectivity index (χ1v) is 54.9. The van der Waals surface area contributed by atoms with Gasteiger partial charge in [-0.3, -0.25) is 0 Å². The van der Waals surface area contributed by atoms with Crippen LogP contribution in [0.4, 0.5) is 0 Å². The van der Waals surface area contributed by atoms with Gasteiger partial charge in [-0.2, -0.15) is 0 Å². The average Bonchev–Trinajstić information content (AvgIpc) is 0.812. The Morgan fingerprint density at radius 2 is 0.352 bits per heavy atom. The molecule has 0 spiro atoms. The average molecular weight is 1810 g/mol. The summed E-state index contributed by atoms with van der Waals surface area (Å²) in [5, 5.41) is 0. The number of rotatable bonds is 90. The van der Waals surface area contributed by atoms with Crippen LogP contribution in [0.15, 0.2) is 94.8 Å². The van der Waals surface area contributed by atoms with E-state index in [0.717, 1.165) is 127 Å². The van der Waals surface area contributed by atoms with Gasteiger partial charge in [-0.1, -0.05) is 436 Å². The summed E-state index contributed by atoms with van der Waals surface area (Å²) in [6, 6.07) is 6.29. The molecule has 0 radical (unpaired) electrons. The maximum atomic E-state index is 13.0. The van der Waals surface area contributed by atoms with E-state index in [-0.39, 0.29) is 86.4 Å². The zero-order valence-corrected chi connectivity index (χ0v) is 84.7. The van der Waals surface area contributed by atoms with Crippen LogP contribution in [0.5, 0.6) is 0 Å². The van der Waals surface area contributed by atoms with Crippen molar-refractivity contribution in [3.05, 3.63) is 107 Å². The topological polar surface area (TPSA) is 220 Å². The molecule has 17 heteroatoms. The van der Waals surface area contributed by atoms with Gasteiger partial charge < -0.3 is 28.1 Å². The third-order valence-electron chi connectivity index (χ3n) is 24.0. The summed E-state index contributed by atoms with van der Waals surface area (Å²) >= 11 is 0. The van der Waals surface area contributed by atoms with E-state index < -0.39 is 53.9 Å². The van der Waals surface area contributed by atoms with E-state index >= 15 is 0 Å². The van der Waals surface area contributed by atoms with Crippen LogP contribution in [0.1, 0.15) is 557 Å². The molecule has 0 aromatic heterocycles. The first kappa shape index (κ1) is 121. The molecule has 14 nitrogen and oxygen atoms in total. The fourth-order valence-electron chi connectivity index (χ4n) is 16.0. The number of benzene rings is 2. The van der Waals surface area contributed by atoms with Gasteiger partial charge in [0, 0.05) is 0 Å². The van der Waals surface area contributed by atoms with E-state index in [9.17, 15) is 45.1 Å². The third-order valence-corrected chi connectivity index (χ3v) is 25.7. The fraction of sp³-hybridized carbons (Fsp3) is 0.778. The van der Waals surface area contributed by atoms with Gasteiger partial charge in [0.05, 0.1) is 58.5 Å². The zero-order chi connectivity index (χ0) is 90.1. The molecule has 0 aliphatic carbocycles. The van der Waals surface area contributed by atoms with Gasteiger partial charge in [-0.15, -0.1) is 0 Å². The van der Waals surface area contributed by atoms with Crippen LogP contribution in [0, 0.1) is 0 Å². The van der Waals surface area contributed by atoms with Gasteiger partial charge in [0.25, 0.3) is 0 Å².